The van der Waals surface area contributed by atoms with Crippen LogP contribution in [-0.4, -0.2) is 22.2 Å². The second-order valence-corrected chi connectivity index (χ2v) is 1.68. The fraction of sp³-hybridized carbons (Fsp3) is 0.250. The lowest BCUT2D eigenvalue weighted by Crippen LogP contribution is -1.91. The average molecular weight is 172 g/mol. The Kier molecular flexibility index (Phi) is 10.2. The van der Waals surface area contributed by atoms with E-state index >= 15 is 0 Å². The predicted molar refractivity (Wildman–Crippen MR) is 44.9 cm³/mol. The van der Waals surface area contributed by atoms with Crippen molar-refractivity contribution in [1.82, 2.24) is 0 Å². The molecule has 0 rings (SSSR count). The van der Waals surface area contributed by atoms with Gasteiger partial charge in [-0.05, 0) is 13.8 Å². The van der Waals surface area contributed by atoms with E-state index in [1.807, 2.05) is 26.0 Å². The van der Waals surface area contributed by atoms with Gasteiger partial charge in [0.05, 0.1) is 0 Å². The molecule has 0 aliphatic heterocycles. The molecule has 68 valence electrons. The van der Waals surface area contributed by atoms with Crippen LogP contribution >= 0.6 is 0 Å². The zero-order valence-corrected chi connectivity index (χ0v) is 7.02. The molecule has 2 N–H and O–H groups in total. The first-order valence-corrected chi connectivity index (χ1v) is 3.25. The van der Waals surface area contributed by atoms with E-state index in [-0.39, 0.29) is 0 Å². The van der Waals surface area contributed by atoms with Gasteiger partial charge >= 0.3 is 11.9 Å². The molecule has 0 amide bonds. The number of aliphatic carboxylic acids is 2. The molecule has 0 fully saturated rings. The highest BCUT2D eigenvalue weighted by Crippen LogP contribution is 1.70. The van der Waals surface area contributed by atoms with E-state index in [0.29, 0.717) is 12.2 Å². The molecule has 0 aliphatic rings. The third-order valence-corrected chi connectivity index (χ3v) is 0.702. The maximum atomic E-state index is 9.55. The third kappa shape index (κ3) is 23.7. The van der Waals surface area contributed by atoms with Gasteiger partial charge in [-0.25, -0.2) is 9.59 Å². The summed E-state index contributed by atoms with van der Waals surface area (Å²) in [6, 6.07) is 0. The van der Waals surface area contributed by atoms with Crippen molar-refractivity contribution >= 4 is 11.9 Å². The van der Waals surface area contributed by atoms with Crippen LogP contribution in [0, 0.1) is 0 Å². The standard InChI is InChI=1S/C4H4O4.C4H8/c5-3(6)1-2-4(7)8;1-3-4-2/h1-2H,(H,5,6)(H,7,8);3-4H,1-2H3/b2-1+;. The van der Waals surface area contributed by atoms with E-state index in [1.165, 1.54) is 0 Å². The highest BCUT2D eigenvalue weighted by atomic mass is 16.4. The van der Waals surface area contributed by atoms with E-state index in [0.717, 1.165) is 0 Å². The quantitative estimate of drug-likeness (QED) is 0.486. The summed E-state index contributed by atoms with van der Waals surface area (Å²) in [5.74, 6) is -2.51. The van der Waals surface area contributed by atoms with Crippen LogP contribution in [0.2, 0.25) is 0 Å². The molecular formula is C8H12O4. The number of rotatable bonds is 2. The van der Waals surface area contributed by atoms with Crippen molar-refractivity contribution in [3.63, 3.8) is 0 Å². The van der Waals surface area contributed by atoms with Crippen molar-refractivity contribution in [3.05, 3.63) is 24.3 Å². The van der Waals surface area contributed by atoms with Crippen molar-refractivity contribution in [2.45, 2.75) is 13.8 Å². The molecule has 0 saturated heterocycles. The van der Waals surface area contributed by atoms with Crippen LogP contribution in [0.3, 0.4) is 0 Å². The van der Waals surface area contributed by atoms with Crippen molar-refractivity contribution in [3.8, 4) is 0 Å². The summed E-state index contributed by atoms with van der Waals surface area (Å²) in [5.41, 5.74) is 0. The Labute approximate surface area is 70.8 Å². The third-order valence-electron chi connectivity index (χ3n) is 0.702. The summed E-state index contributed by atoms with van der Waals surface area (Å²) >= 11 is 0. The van der Waals surface area contributed by atoms with Gasteiger partial charge < -0.3 is 10.2 Å². The second kappa shape index (κ2) is 9.42. The number of carboxylic acids is 2. The molecule has 0 aromatic carbocycles. The van der Waals surface area contributed by atoms with E-state index in [2.05, 4.69) is 0 Å². The van der Waals surface area contributed by atoms with Gasteiger partial charge in [0.25, 0.3) is 0 Å². The van der Waals surface area contributed by atoms with Crippen LogP contribution < -0.4 is 0 Å². The van der Waals surface area contributed by atoms with Gasteiger partial charge in [0.2, 0.25) is 0 Å². The van der Waals surface area contributed by atoms with Crippen LogP contribution in [0.5, 0.6) is 0 Å². The molecule has 0 aliphatic carbocycles. The Hall–Kier alpha value is -1.58. The molecule has 0 bridgehead atoms. The fourth-order valence-corrected chi connectivity index (χ4v) is 0.143. The Morgan fingerprint density at radius 1 is 0.917 bits per heavy atom. The van der Waals surface area contributed by atoms with Crippen LogP contribution in [0.15, 0.2) is 24.3 Å². The molecule has 0 aromatic rings. The lowest BCUT2D eigenvalue weighted by atomic mass is 10.5. The summed E-state index contributed by atoms with van der Waals surface area (Å²) in [6.45, 7) is 4.00. The van der Waals surface area contributed by atoms with Gasteiger partial charge in [0, 0.05) is 12.2 Å². The fourth-order valence-electron chi connectivity index (χ4n) is 0.143. The van der Waals surface area contributed by atoms with Crippen molar-refractivity contribution in [1.29, 1.82) is 0 Å². The smallest absolute Gasteiger partial charge is 0.328 e. The van der Waals surface area contributed by atoms with Gasteiger partial charge in [-0.1, -0.05) is 12.2 Å². The monoisotopic (exact) mass is 172 g/mol. The first-order valence-electron chi connectivity index (χ1n) is 3.25. The summed E-state index contributed by atoms with van der Waals surface area (Å²) in [4.78, 5) is 19.1. The summed E-state index contributed by atoms with van der Waals surface area (Å²) in [5, 5.41) is 15.6. The zero-order valence-electron chi connectivity index (χ0n) is 7.02. The maximum Gasteiger partial charge on any atom is 0.328 e. The highest BCUT2D eigenvalue weighted by molar-refractivity contribution is 5.89. The van der Waals surface area contributed by atoms with Crippen molar-refractivity contribution < 1.29 is 19.8 Å². The van der Waals surface area contributed by atoms with Gasteiger partial charge in [-0.15, -0.1) is 0 Å². The van der Waals surface area contributed by atoms with Crippen LogP contribution in [0.1, 0.15) is 13.8 Å². The Balaban J connectivity index is 0. The summed E-state index contributed by atoms with van der Waals surface area (Å²) in [6.07, 6.45) is 5.12. The first kappa shape index (κ1) is 13.0. The van der Waals surface area contributed by atoms with Crippen LogP contribution in [0.25, 0.3) is 0 Å². The number of hydrogen-bond donors (Lipinski definition) is 2. The number of carbonyl (C=O) groups is 2. The van der Waals surface area contributed by atoms with E-state index in [1.54, 1.807) is 0 Å². The molecule has 12 heavy (non-hydrogen) atoms. The van der Waals surface area contributed by atoms with Gasteiger partial charge in [0.15, 0.2) is 0 Å². The number of hydrogen-bond acceptors (Lipinski definition) is 2. The van der Waals surface area contributed by atoms with E-state index in [9.17, 15) is 9.59 Å². The van der Waals surface area contributed by atoms with Crippen molar-refractivity contribution in [2.75, 3.05) is 0 Å². The molecule has 0 unspecified atom stereocenters. The minimum atomic E-state index is -1.26. The second-order valence-electron chi connectivity index (χ2n) is 1.68. The predicted octanol–water partition coefficient (Wildman–Crippen LogP) is 1.29. The maximum absolute atomic E-state index is 9.55. The molecule has 0 heterocycles. The zero-order chi connectivity index (χ0) is 9.98. The molecule has 4 heteroatoms. The van der Waals surface area contributed by atoms with Gasteiger partial charge in [-0.2, -0.15) is 0 Å². The lowest BCUT2D eigenvalue weighted by molar-refractivity contribution is -0.134. The minimum absolute atomic E-state index is 0.558. The molecule has 0 aromatic heterocycles. The molecular weight excluding hydrogens is 160 g/mol. The number of allylic oxidation sites excluding steroid dienone is 2. The molecule has 0 atom stereocenters. The van der Waals surface area contributed by atoms with Gasteiger partial charge in [0.1, 0.15) is 0 Å². The Morgan fingerprint density at radius 3 is 1.25 bits per heavy atom. The molecule has 0 radical (unpaired) electrons. The first-order chi connectivity index (χ1) is 5.54. The lowest BCUT2D eigenvalue weighted by Gasteiger charge is -1.74. The molecule has 4 nitrogen and oxygen atoms in total. The highest BCUT2D eigenvalue weighted by Gasteiger charge is 1.88. The largest absolute Gasteiger partial charge is 0.478 e. The van der Waals surface area contributed by atoms with Crippen LogP contribution in [0.4, 0.5) is 0 Å². The molecule has 0 spiro atoms. The van der Waals surface area contributed by atoms with Crippen LogP contribution in [-0.2, 0) is 9.59 Å². The summed E-state index contributed by atoms with van der Waals surface area (Å²) < 4.78 is 0. The van der Waals surface area contributed by atoms with Gasteiger partial charge in [-0.3, -0.25) is 0 Å². The minimum Gasteiger partial charge on any atom is -0.478 e. The van der Waals surface area contributed by atoms with E-state index < -0.39 is 11.9 Å². The SMILES string of the molecule is CC=CC.O=C(O)/C=C/C(=O)O. The molecule has 0 saturated carbocycles. The summed E-state index contributed by atoms with van der Waals surface area (Å²) in [7, 11) is 0. The normalized spacial score (nSPS) is 9.50. The topological polar surface area (TPSA) is 74.6 Å². The Morgan fingerprint density at radius 2 is 1.17 bits per heavy atom. The average Bonchev–Trinajstić information content (AvgIpc) is 2.01. The van der Waals surface area contributed by atoms with Crippen molar-refractivity contribution in [2.24, 2.45) is 0 Å². The van der Waals surface area contributed by atoms with E-state index in [4.69, 9.17) is 10.2 Å². The Bertz CT molecular complexity index is 171. The number of carboxylic acid groups (broad SMARTS) is 2.